The van der Waals surface area contributed by atoms with E-state index in [1.807, 2.05) is 17.2 Å². The van der Waals surface area contributed by atoms with Gasteiger partial charge in [-0.1, -0.05) is 0 Å². The largest absolute Gasteiger partial charge is 0.336 e. The van der Waals surface area contributed by atoms with E-state index in [9.17, 15) is 13.2 Å². The SMILES string of the molecule is Cc1nc(C(=O)N2CCCN(CCC3CCS(=O)(=O)C3)CC2)cs1. The van der Waals surface area contributed by atoms with E-state index in [2.05, 4.69) is 9.88 Å². The molecular weight excluding hydrogens is 346 g/mol. The molecule has 0 N–H and O–H groups in total. The number of aromatic nitrogens is 1. The van der Waals surface area contributed by atoms with Crippen LogP contribution in [0.3, 0.4) is 0 Å². The Labute approximate surface area is 147 Å². The molecule has 8 heteroatoms. The Morgan fingerprint density at radius 2 is 2.17 bits per heavy atom. The lowest BCUT2D eigenvalue weighted by molar-refractivity contribution is 0.0756. The summed E-state index contributed by atoms with van der Waals surface area (Å²) >= 11 is 1.51. The van der Waals surface area contributed by atoms with Gasteiger partial charge in [0.25, 0.3) is 5.91 Å². The second-order valence-corrected chi connectivity index (χ2v) is 10.1. The first kappa shape index (κ1) is 17.8. The number of hydrogen-bond acceptors (Lipinski definition) is 6. The number of amides is 1. The summed E-state index contributed by atoms with van der Waals surface area (Å²) < 4.78 is 23.1. The van der Waals surface area contributed by atoms with Crippen molar-refractivity contribution in [3.05, 3.63) is 16.1 Å². The van der Waals surface area contributed by atoms with Gasteiger partial charge in [0.05, 0.1) is 16.5 Å². The molecule has 1 amide bonds. The molecule has 6 nitrogen and oxygen atoms in total. The van der Waals surface area contributed by atoms with Gasteiger partial charge in [-0.15, -0.1) is 11.3 Å². The fourth-order valence-electron chi connectivity index (χ4n) is 3.49. The molecule has 2 saturated heterocycles. The van der Waals surface area contributed by atoms with Crippen LogP contribution in [0.15, 0.2) is 5.38 Å². The van der Waals surface area contributed by atoms with Crippen molar-refractivity contribution in [2.45, 2.75) is 26.2 Å². The minimum atomic E-state index is -2.78. The van der Waals surface area contributed by atoms with Gasteiger partial charge in [-0.2, -0.15) is 0 Å². The molecule has 0 bridgehead atoms. The van der Waals surface area contributed by atoms with Gasteiger partial charge in [0.2, 0.25) is 0 Å². The van der Waals surface area contributed by atoms with Crippen LogP contribution in [0.1, 0.15) is 34.8 Å². The van der Waals surface area contributed by atoms with Crippen molar-refractivity contribution in [1.29, 1.82) is 0 Å². The van der Waals surface area contributed by atoms with E-state index < -0.39 is 9.84 Å². The lowest BCUT2D eigenvalue weighted by atomic mass is 10.1. The minimum absolute atomic E-state index is 0.0306. The summed E-state index contributed by atoms with van der Waals surface area (Å²) in [6.45, 7) is 6.16. The number of thiazole rings is 1. The zero-order chi connectivity index (χ0) is 17.2. The molecule has 0 aliphatic carbocycles. The molecule has 1 aromatic heterocycles. The number of rotatable bonds is 4. The average molecular weight is 372 g/mol. The molecule has 1 aromatic rings. The van der Waals surface area contributed by atoms with Crippen LogP contribution in [-0.4, -0.2) is 73.3 Å². The first-order valence-electron chi connectivity index (χ1n) is 8.57. The fraction of sp³-hybridized carbons (Fsp3) is 0.750. The van der Waals surface area contributed by atoms with Crippen molar-refractivity contribution in [3.63, 3.8) is 0 Å². The van der Waals surface area contributed by atoms with Crippen molar-refractivity contribution in [2.75, 3.05) is 44.2 Å². The highest BCUT2D eigenvalue weighted by Crippen LogP contribution is 2.22. The number of sulfone groups is 1. The van der Waals surface area contributed by atoms with Crippen LogP contribution in [0.5, 0.6) is 0 Å². The van der Waals surface area contributed by atoms with Gasteiger partial charge in [-0.25, -0.2) is 13.4 Å². The summed E-state index contributed by atoms with van der Waals surface area (Å²) in [5, 5.41) is 2.75. The van der Waals surface area contributed by atoms with Gasteiger partial charge >= 0.3 is 0 Å². The number of carbonyl (C=O) groups is 1. The molecule has 2 aliphatic heterocycles. The van der Waals surface area contributed by atoms with Gasteiger partial charge in [-0.3, -0.25) is 4.79 Å². The lowest BCUT2D eigenvalue weighted by Crippen LogP contribution is -2.35. The third kappa shape index (κ3) is 4.55. The van der Waals surface area contributed by atoms with E-state index in [1.54, 1.807) is 0 Å². The minimum Gasteiger partial charge on any atom is -0.336 e. The van der Waals surface area contributed by atoms with E-state index >= 15 is 0 Å². The van der Waals surface area contributed by atoms with Crippen LogP contribution >= 0.6 is 11.3 Å². The van der Waals surface area contributed by atoms with Crippen LogP contribution in [0.25, 0.3) is 0 Å². The van der Waals surface area contributed by atoms with Gasteiger partial charge in [0, 0.05) is 25.0 Å². The number of nitrogens with zero attached hydrogens (tertiary/aromatic N) is 3. The fourth-order valence-corrected chi connectivity index (χ4v) is 5.98. The molecule has 0 radical (unpaired) electrons. The monoisotopic (exact) mass is 371 g/mol. The van der Waals surface area contributed by atoms with Gasteiger partial charge in [-0.05, 0) is 45.2 Å². The Kier molecular flexibility index (Phi) is 5.56. The molecule has 24 heavy (non-hydrogen) atoms. The van der Waals surface area contributed by atoms with E-state index in [1.165, 1.54) is 11.3 Å². The molecule has 3 heterocycles. The zero-order valence-electron chi connectivity index (χ0n) is 14.1. The molecule has 1 atom stereocenters. The Morgan fingerprint density at radius 1 is 1.33 bits per heavy atom. The highest BCUT2D eigenvalue weighted by molar-refractivity contribution is 7.91. The summed E-state index contributed by atoms with van der Waals surface area (Å²) in [5.74, 6) is 1.05. The van der Waals surface area contributed by atoms with Crippen molar-refractivity contribution < 1.29 is 13.2 Å². The first-order chi connectivity index (χ1) is 11.4. The lowest BCUT2D eigenvalue weighted by Gasteiger charge is -2.22. The van der Waals surface area contributed by atoms with E-state index in [0.717, 1.165) is 57.0 Å². The van der Waals surface area contributed by atoms with E-state index in [0.29, 0.717) is 23.1 Å². The van der Waals surface area contributed by atoms with Crippen LogP contribution in [-0.2, 0) is 9.84 Å². The van der Waals surface area contributed by atoms with Crippen molar-refractivity contribution >= 4 is 27.1 Å². The van der Waals surface area contributed by atoms with Crippen molar-refractivity contribution in [2.24, 2.45) is 5.92 Å². The van der Waals surface area contributed by atoms with Crippen molar-refractivity contribution in [3.8, 4) is 0 Å². The first-order valence-corrected chi connectivity index (χ1v) is 11.3. The zero-order valence-corrected chi connectivity index (χ0v) is 15.7. The number of hydrogen-bond donors (Lipinski definition) is 0. The average Bonchev–Trinajstić information content (AvgIpc) is 3.03. The quantitative estimate of drug-likeness (QED) is 0.801. The maximum atomic E-state index is 12.5. The molecule has 0 aromatic carbocycles. The maximum Gasteiger partial charge on any atom is 0.273 e. The summed E-state index contributed by atoms with van der Waals surface area (Å²) in [6.07, 6.45) is 2.71. The van der Waals surface area contributed by atoms with Gasteiger partial charge < -0.3 is 9.80 Å². The molecule has 3 rings (SSSR count). The van der Waals surface area contributed by atoms with Crippen LogP contribution in [0.4, 0.5) is 0 Å². The Morgan fingerprint density at radius 3 is 2.83 bits per heavy atom. The second kappa shape index (κ2) is 7.49. The summed E-state index contributed by atoms with van der Waals surface area (Å²) in [4.78, 5) is 21.1. The predicted octanol–water partition coefficient (Wildman–Crippen LogP) is 1.42. The highest BCUT2D eigenvalue weighted by Gasteiger charge is 2.28. The molecule has 134 valence electrons. The van der Waals surface area contributed by atoms with Crippen molar-refractivity contribution in [1.82, 2.24) is 14.8 Å². The molecular formula is C16H25N3O3S2. The predicted molar refractivity (Wildman–Crippen MR) is 95.2 cm³/mol. The normalized spacial score (nSPS) is 24.9. The number of carbonyl (C=O) groups excluding carboxylic acids is 1. The summed E-state index contributed by atoms with van der Waals surface area (Å²) in [5.41, 5.74) is 0.558. The van der Waals surface area contributed by atoms with Crippen LogP contribution in [0.2, 0.25) is 0 Å². The van der Waals surface area contributed by atoms with E-state index in [-0.39, 0.29) is 5.91 Å². The van der Waals surface area contributed by atoms with Crippen LogP contribution < -0.4 is 0 Å². The molecule has 2 aliphatic rings. The second-order valence-electron chi connectivity index (χ2n) is 6.80. The molecule has 0 saturated carbocycles. The molecule has 0 spiro atoms. The van der Waals surface area contributed by atoms with Gasteiger partial charge in [0.15, 0.2) is 9.84 Å². The standard InChI is InChI=1S/C16H25N3O3S2/c1-13-17-15(11-23-13)16(20)19-6-2-5-18(8-9-19)7-3-14-4-10-24(21,22)12-14/h11,14H,2-10,12H2,1H3. The third-order valence-electron chi connectivity index (χ3n) is 4.89. The van der Waals surface area contributed by atoms with Crippen LogP contribution in [0, 0.1) is 12.8 Å². The summed E-state index contributed by atoms with van der Waals surface area (Å²) in [7, 11) is -2.78. The maximum absolute atomic E-state index is 12.5. The summed E-state index contributed by atoms with van der Waals surface area (Å²) in [6, 6.07) is 0. The smallest absolute Gasteiger partial charge is 0.273 e. The highest BCUT2D eigenvalue weighted by atomic mass is 32.2. The molecule has 1 unspecified atom stereocenters. The van der Waals surface area contributed by atoms with E-state index in [4.69, 9.17) is 0 Å². The Bertz CT molecular complexity index is 686. The van der Waals surface area contributed by atoms with Gasteiger partial charge in [0.1, 0.15) is 5.69 Å². The Hall–Kier alpha value is -0.990. The Balaban J connectivity index is 1.47. The topological polar surface area (TPSA) is 70.6 Å². The molecule has 2 fully saturated rings. The number of aryl methyl sites for hydroxylation is 1. The third-order valence-corrected chi connectivity index (χ3v) is 7.50.